The van der Waals surface area contributed by atoms with Crippen molar-refractivity contribution < 1.29 is 4.79 Å². The molecule has 1 rings (SSSR count). The number of benzene rings is 1. The highest BCUT2D eigenvalue weighted by atomic mass is 16.1. The molecule has 0 aliphatic rings. The third kappa shape index (κ3) is 4.43. The molecule has 0 aliphatic heterocycles. The molecule has 2 nitrogen and oxygen atoms in total. The van der Waals surface area contributed by atoms with Crippen molar-refractivity contribution in [2.24, 2.45) is 5.73 Å². The molecular weight excluding hydrogens is 210 g/mol. The molecule has 0 saturated carbocycles. The van der Waals surface area contributed by atoms with E-state index in [0.29, 0.717) is 0 Å². The lowest BCUT2D eigenvalue weighted by Crippen LogP contribution is -2.14. The second-order valence-electron chi connectivity index (χ2n) is 4.36. The summed E-state index contributed by atoms with van der Waals surface area (Å²) in [5, 5.41) is 0. The summed E-state index contributed by atoms with van der Waals surface area (Å²) in [5.41, 5.74) is 8.50. The van der Waals surface area contributed by atoms with E-state index in [4.69, 9.17) is 5.73 Å². The SMILES string of the molecule is CCCCC(Cc1ccccc1)=C(C)C(N)=O. The van der Waals surface area contributed by atoms with Gasteiger partial charge in [-0.25, -0.2) is 0 Å². The molecular formula is C15H21NO. The van der Waals surface area contributed by atoms with Gasteiger partial charge < -0.3 is 5.73 Å². The van der Waals surface area contributed by atoms with E-state index in [-0.39, 0.29) is 5.91 Å². The van der Waals surface area contributed by atoms with Crippen LogP contribution in [-0.4, -0.2) is 5.91 Å². The smallest absolute Gasteiger partial charge is 0.244 e. The minimum Gasteiger partial charge on any atom is -0.366 e. The molecule has 0 atom stereocenters. The summed E-state index contributed by atoms with van der Waals surface area (Å²) in [7, 11) is 0. The Kier molecular flexibility index (Phi) is 5.47. The van der Waals surface area contributed by atoms with Gasteiger partial charge in [-0.1, -0.05) is 49.2 Å². The van der Waals surface area contributed by atoms with Crippen LogP contribution in [0.3, 0.4) is 0 Å². The zero-order valence-electron chi connectivity index (χ0n) is 10.7. The van der Waals surface area contributed by atoms with E-state index in [1.165, 1.54) is 11.1 Å². The molecule has 2 N–H and O–H groups in total. The maximum atomic E-state index is 11.3. The van der Waals surface area contributed by atoms with Crippen molar-refractivity contribution in [3.63, 3.8) is 0 Å². The molecule has 2 heteroatoms. The summed E-state index contributed by atoms with van der Waals surface area (Å²) in [6, 6.07) is 10.2. The fourth-order valence-corrected chi connectivity index (χ4v) is 1.82. The van der Waals surface area contributed by atoms with Gasteiger partial charge in [0.2, 0.25) is 5.91 Å². The first-order chi connectivity index (χ1) is 8.15. The first-order valence-electron chi connectivity index (χ1n) is 6.17. The zero-order chi connectivity index (χ0) is 12.7. The van der Waals surface area contributed by atoms with Crippen LogP contribution in [0.25, 0.3) is 0 Å². The first-order valence-corrected chi connectivity index (χ1v) is 6.17. The molecule has 0 fully saturated rings. The fraction of sp³-hybridized carbons (Fsp3) is 0.400. The van der Waals surface area contributed by atoms with Gasteiger partial charge in [0.15, 0.2) is 0 Å². The molecule has 17 heavy (non-hydrogen) atoms. The summed E-state index contributed by atoms with van der Waals surface area (Å²) >= 11 is 0. The van der Waals surface area contributed by atoms with Crippen molar-refractivity contribution in [3.8, 4) is 0 Å². The number of primary amides is 1. The van der Waals surface area contributed by atoms with Gasteiger partial charge in [0.05, 0.1) is 0 Å². The Morgan fingerprint density at radius 2 is 1.88 bits per heavy atom. The molecule has 1 amide bonds. The summed E-state index contributed by atoms with van der Waals surface area (Å²) in [6.45, 7) is 3.98. The van der Waals surface area contributed by atoms with Gasteiger partial charge in [0, 0.05) is 5.57 Å². The van der Waals surface area contributed by atoms with Gasteiger partial charge in [0.25, 0.3) is 0 Å². The van der Waals surface area contributed by atoms with Gasteiger partial charge in [0.1, 0.15) is 0 Å². The Bertz CT molecular complexity index is 393. The molecule has 0 aromatic heterocycles. The van der Waals surface area contributed by atoms with E-state index in [0.717, 1.165) is 31.3 Å². The first kappa shape index (κ1) is 13.5. The zero-order valence-corrected chi connectivity index (χ0v) is 10.7. The van der Waals surface area contributed by atoms with Gasteiger partial charge >= 0.3 is 0 Å². The van der Waals surface area contributed by atoms with Crippen molar-refractivity contribution in [2.75, 3.05) is 0 Å². The largest absolute Gasteiger partial charge is 0.366 e. The van der Waals surface area contributed by atoms with Crippen LogP contribution in [0, 0.1) is 0 Å². The predicted molar refractivity (Wildman–Crippen MR) is 71.6 cm³/mol. The number of carbonyl (C=O) groups excluding carboxylic acids is 1. The van der Waals surface area contributed by atoms with Crippen molar-refractivity contribution >= 4 is 5.91 Å². The fourth-order valence-electron chi connectivity index (χ4n) is 1.82. The monoisotopic (exact) mass is 231 g/mol. The summed E-state index contributed by atoms with van der Waals surface area (Å²) in [5.74, 6) is -0.299. The average Bonchev–Trinajstić information content (AvgIpc) is 2.34. The highest BCUT2D eigenvalue weighted by Crippen LogP contribution is 2.18. The minimum absolute atomic E-state index is 0.299. The number of nitrogens with two attached hydrogens (primary N) is 1. The molecule has 92 valence electrons. The number of amides is 1. The van der Waals surface area contributed by atoms with Crippen LogP contribution in [0.4, 0.5) is 0 Å². The molecule has 0 heterocycles. The van der Waals surface area contributed by atoms with Crippen molar-refractivity contribution in [1.82, 2.24) is 0 Å². The van der Waals surface area contributed by atoms with E-state index in [9.17, 15) is 4.79 Å². The van der Waals surface area contributed by atoms with Crippen LogP contribution >= 0.6 is 0 Å². The Hall–Kier alpha value is -1.57. The van der Waals surface area contributed by atoms with Crippen LogP contribution in [0.5, 0.6) is 0 Å². The number of rotatable bonds is 6. The Labute approximate surface area is 104 Å². The van der Waals surface area contributed by atoms with Crippen molar-refractivity contribution in [2.45, 2.75) is 39.5 Å². The van der Waals surface area contributed by atoms with Crippen molar-refractivity contribution in [3.05, 3.63) is 47.0 Å². The molecule has 0 aliphatic carbocycles. The highest BCUT2D eigenvalue weighted by Gasteiger charge is 2.08. The van der Waals surface area contributed by atoms with Crippen molar-refractivity contribution in [1.29, 1.82) is 0 Å². The minimum atomic E-state index is -0.299. The molecule has 0 spiro atoms. The molecule has 0 bridgehead atoms. The third-order valence-corrected chi connectivity index (χ3v) is 2.99. The lowest BCUT2D eigenvalue weighted by Gasteiger charge is -2.10. The molecule has 1 aromatic rings. The second-order valence-corrected chi connectivity index (χ2v) is 4.36. The van der Waals surface area contributed by atoms with E-state index in [2.05, 4.69) is 19.1 Å². The van der Waals surface area contributed by atoms with Gasteiger partial charge in [-0.3, -0.25) is 4.79 Å². The molecule has 1 aromatic carbocycles. The van der Waals surface area contributed by atoms with Crippen LogP contribution in [-0.2, 0) is 11.2 Å². The lowest BCUT2D eigenvalue weighted by molar-refractivity contribution is -0.114. The summed E-state index contributed by atoms with van der Waals surface area (Å²) in [4.78, 5) is 11.3. The molecule has 0 saturated heterocycles. The maximum Gasteiger partial charge on any atom is 0.244 e. The van der Waals surface area contributed by atoms with E-state index in [1.54, 1.807) is 0 Å². The van der Waals surface area contributed by atoms with Crippen LogP contribution in [0.2, 0.25) is 0 Å². The van der Waals surface area contributed by atoms with Crippen LogP contribution < -0.4 is 5.73 Å². The predicted octanol–water partition coefficient (Wildman–Crippen LogP) is 3.22. The topological polar surface area (TPSA) is 43.1 Å². The maximum absolute atomic E-state index is 11.3. The third-order valence-electron chi connectivity index (χ3n) is 2.99. The standard InChI is InChI=1S/C15H21NO/c1-3-4-10-14(12(2)15(16)17)11-13-8-6-5-7-9-13/h5-9H,3-4,10-11H2,1-2H3,(H2,16,17). The van der Waals surface area contributed by atoms with Crippen LogP contribution in [0.15, 0.2) is 41.5 Å². The van der Waals surface area contributed by atoms with E-state index >= 15 is 0 Å². The number of allylic oxidation sites excluding steroid dienone is 1. The summed E-state index contributed by atoms with van der Waals surface area (Å²) in [6.07, 6.45) is 4.02. The Morgan fingerprint density at radius 1 is 1.24 bits per heavy atom. The van der Waals surface area contributed by atoms with Gasteiger partial charge in [-0.2, -0.15) is 0 Å². The quantitative estimate of drug-likeness (QED) is 0.750. The average molecular weight is 231 g/mol. The van der Waals surface area contributed by atoms with E-state index < -0.39 is 0 Å². The Balaban J connectivity index is 2.85. The van der Waals surface area contributed by atoms with Gasteiger partial charge in [-0.05, 0) is 31.7 Å². The number of hydrogen-bond donors (Lipinski definition) is 1. The number of unbranched alkanes of at least 4 members (excludes halogenated alkanes) is 1. The normalized spacial score (nSPS) is 12.1. The number of carbonyl (C=O) groups is 1. The summed E-state index contributed by atoms with van der Waals surface area (Å²) < 4.78 is 0. The van der Waals surface area contributed by atoms with Crippen LogP contribution in [0.1, 0.15) is 38.7 Å². The number of hydrogen-bond acceptors (Lipinski definition) is 1. The second kappa shape index (κ2) is 6.89. The molecule has 0 unspecified atom stereocenters. The van der Waals surface area contributed by atoms with E-state index in [1.807, 2.05) is 25.1 Å². The molecule has 0 radical (unpaired) electrons. The lowest BCUT2D eigenvalue weighted by atomic mass is 9.96. The Morgan fingerprint density at radius 3 is 2.41 bits per heavy atom. The van der Waals surface area contributed by atoms with Gasteiger partial charge in [-0.15, -0.1) is 0 Å². The highest BCUT2D eigenvalue weighted by molar-refractivity contribution is 5.92.